The van der Waals surface area contributed by atoms with Gasteiger partial charge in [-0.05, 0) is 83.5 Å². The third-order valence-corrected chi connectivity index (χ3v) is 19.2. The van der Waals surface area contributed by atoms with E-state index in [9.17, 15) is 19.8 Å². The van der Waals surface area contributed by atoms with Crippen molar-refractivity contribution in [1.29, 1.82) is 0 Å². The number of unbranched alkanes of at least 4 members (excludes halogenated alkanes) is 60. The lowest BCUT2D eigenvalue weighted by Crippen LogP contribution is -2.45. The second-order valence-electron chi connectivity index (χ2n) is 28.1. The third kappa shape index (κ3) is 75.0. The van der Waals surface area contributed by atoms with E-state index in [0.717, 1.165) is 51.4 Å². The zero-order valence-corrected chi connectivity index (χ0v) is 60.4. The Kier molecular flexibility index (Phi) is 76.8. The Morgan fingerprint density at radius 3 is 0.865 bits per heavy atom. The summed E-state index contributed by atoms with van der Waals surface area (Å²) in [5.74, 6) is -0.0163. The van der Waals surface area contributed by atoms with Crippen molar-refractivity contribution in [3.8, 4) is 0 Å². The fourth-order valence-corrected chi connectivity index (χ4v) is 13.0. The number of ether oxygens (including phenoxy) is 1. The van der Waals surface area contributed by atoms with Gasteiger partial charge >= 0.3 is 5.97 Å². The van der Waals surface area contributed by atoms with E-state index >= 15 is 0 Å². The van der Waals surface area contributed by atoms with Crippen LogP contribution in [0.4, 0.5) is 0 Å². The van der Waals surface area contributed by atoms with Gasteiger partial charge < -0.3 is 20.3 Å². The third-order valence-electron chi connectivity index (χ3n) is 19.2. The molecule has 0 aromatic rings. The summed E-state index contributed by atoms with van der Waals surface area (Å²) in [6, 6.07) is -0.541. The van der Waals surface area contributed by atoms with Gasteiger partial charge in [-0.2, -0.15) is 0 Å². The predicted octanol–water partition coefficient (Wildman–Crippen LogP) is 27.0. The van der Waals surface area contributed by atoms with Crippen molar-refractivity contribution >= 4 is 11.9 Å². The SMILES string of the molecule is CCCCCCC/C=C\CCCCCCCC(=O)OCCCCCCCCCCCCCCC/C=C\C/C=C\CCCCCCCCCCCCCCCCCCCC(=O)NC(CO)C(O)CCCCCCCCCCCCCCCCCCCCCCC. The van der Waals surface area contributed by atoms with Gasteiger partial charge in [0.25, 0.3) is 0 Å². The van der Waals surface area contributed by atoms with Gasteiger partial charge in [-0.25, -0.2) is 0 Å². The average molecular weight is 1250 g/mol. The number of amides is 1. The highest BCUT2D eigenvalue weighted by Crippen LogP contribution is 2.20. The lowest BCUT2D eigenvalue weighted by Gasteiger charge is -2.22. The molecule has 89 heavy (non-hydrogen) atoms. The molecule has 0 saturated heterocycles. The Hall–Kier alpha value is -1.92. The Morgan fingerprint density at radius 2 is 0.562 bits per heavy atom. The maximum atomic E-state index is 12.6. The van der Waals surface area contributed by atoms with Gasteiger partial charge in [0.05, 0.1) is 25.4 Å². The quantitative estimate of drug-likeness (QED) is 0.0320. The molecule has 0 radical (unpaired) electrons. The molecule has 0 fully saturated rings. The minimum Gasteiger partial charge on any atom is -0.466 e. The molecule has 2 unspecified atom stereocenters. The molecule has 0 aromatic heterocycles. The van der Waals surface area contributed by atoms with Crippen LogP contribution in [-0.2, 0) is 14.3 Å². The number of carbonyl (C=O) groups excluding carboxylic acids is 2. The predicted molar refractivity (Wildman–Crippen MR) is 393 cm³/mol. The number of nitrogens with one attached hydrogen (secondary N) is 1. The van der Waals surface area contributed by atoms with Gasteiger partial charge in [0.2, 0.25) is 5.91 Å². The number of aliphatic hydroxyl groups excluding tert-OH is 2. The van der Waals surface area contributed by atoms with Gasteiger partial charge in [-0.3, -0.25) is 9.59 Å². The topological polar surface area (TPSA) is 95.9 Å². The summed E-state index contributed by atoms with van der Waals surface area (Å²) < 4.78 is 5.49. The summed E-state index contributed by atoms with van der Waals surface area (Å²) in [7, 11) is 0. The van der Waals surface area contributed by atoms with E-state index in [0.29, 0.717) is 25.9 Å². The van der Waals surface area contributed by atoms with E-state index in [2.05, 4.69) is 55.6 Å². The van der Waals surface area contributed by atoms with Crippen LogP contribution < -0.4 is 5.32 Å². The van der Waals surface area contributed by atoms with E-state index in [-0.39, 0.29) is 18.5 Å². The highest BCUT2D eigenvalue weighted by Gasteiger charge is 2.20. The summed E-state index contributed by atoms with van der Waals surface area (Å²) >= 11 is 0. The molecule has 1 amide bonds. The van der Waals surface area contributed by atoms with Gasteiger partial charge in [-0.1, -0.05) is 397 Å². The van der Waals surface area contributed by atoms with E-state index in [1.807, 2.05) is 0 Å². The van der Waals surface area contributed by atoms with Crippen LogP contribution in [0.2, 0.25) is 0 Å². The number of hydrogen-bond donors (Lipinski definition) is 3. The minimum absolute atomic E-state index is 0.0109. The van der Waals surface area contributed by atoms with Gasteiger partial charge in [0, 0.05) is 12.8 Å². The Balaban J connectivity index is 3.36. The Bertz CT molecular complexity index is 1440. The van der Waals surface area contributed by atoms with Crippen molar-refractivity contribution in [2.75, 3.05) is 13.2 Å². The van der Waals surface area contributed by atoms with Crippen LogP contribution in [0.1, 0.15) is 457 Å². The first-order valence-corrected chi connectivity index (χ1v) is 40.7. The van der Waals surface area contributed by atoms with E-state index in [1.54, 1.807) is 0 Å². The lowest BCUT2D eigenvalue weighted by molar-refractivity contribution is -0.143. The fourth-order valence-electron chi connectivity index (χ4n) is 13.0. The molecule has 0 aliphatic carbocycles. The van der Waals surface area contributed by atoms with Crippen LogP contribution >= 0.6 is 0 Å². The zero-order chi connectivity index (χ0) is 64.2. The Morgan fingerprint density at radius 1 is 0.315 bits per heavy atom. The largest absolute Gasteiger partial charge is 0.466 e. The van der Waals surface area contributed by atoms with Crippen LogP contribution in [0.5, 0.6) is 0 Å². The standard InChI is InChI=1S/C83H159NO5/c1-3-5-7-9-11-13-15-17-19-20-21-39-42-45-48-51-55-59-63-67-71-75-81(86)80(79-85)84-82(87)76-72-68-64-60-56-52-49-46-43-40-37-35-33-31-29-27-25-23-22-24-26-28-30-32-34-36-38-41-44-47-50-54-58-62-66-70-74-78-89-83(88)77-73-69-65-61-57-53-18-16-14-12-10-8-6-4-2/h16,18,22,24,28,30,80-81,85-86H,3-15,17,19-21,23,25-27,29,31-79H2,1-2H3,(H,84,87)/b18-16-,24-22-,30-28-. The molecule has 0 bridgehead atoms. The molecular weight excluding hydrogens is 1090 g/mol. The monoisotopic (exact) mass is 1250 g/mol. The van der Waals surface area contributed by atoms with Gasteiger partial charge in [0.1, 0.15) is 0 Å². The smallest absolute Gasteiger partial charge is 0.305 e. The fraction of sp³-hybridized carbons (Fsp3) is 0.904. The van der Waals surface area contributed by atoms with Crippen LogP contribution in [0.3, 0.4) is 0 Å². The van der Waals surface area contributed by atoms with Crippen molar-refractivity contribution in [3.63, 3.8) is 0 Å². The van der Waals surface area contributed by atoms with E-state index in [1.165, 1.54) is 372 Å². The first-order valence-electron chi connectivity index (χ1n) is 40.7. The molecule has 526 valence electrons. The maximum absolute atomic E-state index is 12.6. The second kappa shape index (κ2) is 78.5. The number of allylic oxidation sites excluding steroid dienone is 6. The van der Waals surface area contributed by atoms with E-state index in [4.69, 9.17) is 4.74 Å². The first-order chi connectivity index (χ1) is 44.0. The number of carbonyl (C=O) groups is 2. The minimum atomic E-state index is -0.664. The second-order valence-corrected chi connectivity index (χ2v) is 28.1. The number of aliphatic hydroxyl groups is 2. The Labute approximate surface area is 557 Å². The summed E-state index contributed by atoms with van der Waals surface area (Å²) in [5.41, 5.74) is 0. The van der Waals surface area contributed by atoms with Crippen molar-refractivity contribution < 1.29 is 24.5 Å². The molecule has 0 aliphatic heterocycles. The molecule has 0 rings (SSSR count). The number of rotatable bonds is 77. The summed E-state index contributed by atoms with van der Waals surface area (Å²) in [6.07, 6.45) is 102. The van der Waals surface area contributed by atoms with Gasteiger partial charge in [-0.15, -0.1) is 0 Å². The van der Waals surface area contributed by atoms with Crippen LogP contribution in [0.25, 0.3) is 0 Å². The average Bonchev–Trinajstić information content (AvgIpc) is 3.60. The normalized spacial score (nSPS) is 12.6. The van der Waals surface area contributed by atoms with Crippen LogP contribution in [0, 0.1) is 0 Å². The van der Waals surface area contributed by atoms with Crippen molar-refractivity contribution in [1.82, 2.24) is 5.32 Å². The number of esters is 1. The molecule has 2 atom stereocenters. The first kappa shape index (κ1) is 87.1. The molecule has 0 aliphatic rings. The molecule has 0 saturated carbocycles. The lowest BCUT2D eigenvalue weighted by atomic mass is 10.0. The van der Waals surface area contributed by atoms with E-state index < -0.39 is 12.1 Å². The van der Waals surface area contributed by atoms with Crippen molar-refractivity contribution in [2.24, 2.45) is 0 Å². The molecule has 0 heterocycles. The van der Waals surface area contributed by atoms with Crippen LogP contribution in [0.15, 0.2) is 36.5 Å². The molecule has 0 aromatic carbocycles. The molecule has 6 nitrogen and oxygen atoms in total. The van der Waals surface area contributed by atoms with Crippen molar-refractivity contribution in [2.45, 2.75) is 469 Å². The summed E-state index contributed by atoms with van der Waals surface area (Å²) in [5, 5.41) is 23.5. The molecule has 6 heteroatoms. The molecular formula is C83H159NO5. The van der Waals surface area contributed by atoms with Crippen LogP contribution in [-0.4, -0.2) is 47.4 Å². The van der Waals surface area contributed by atoms with Crippen molar-refractivity contribution in [3.05, 3.63) is 36.5 Å². The zero-order valence-electron chi connectivity index (χ0n) is 60.4. The van der Waals surface area contributed by atoms with Gasteiger partial charge in [0.15, 0.2) is 0 Å². The maximum Gasteiger partial charge on any atom is 0.305 e. The number of hydrogen-bond acceptors (Lipinski definition) is 5. The highest BCUT2D eigenvalue weighted by atomic mass is 16.5. The molecule has 3 N–H and O–H groups in total. The summed E-state index contributed by atoms with van der Waals surface area (Å²) in [6.45, 7) is 4.99. The molecule has 0 spiro atoms. The summed E-state index contributed by atoms with van der Waals surface area (Å²) in [4.78, 5) is 24.6. The highest BCUT2D eigenvalue weighted by molar-refractivity contribution is 5.76.